The fourth-order valence-corrected chi connectivity index (χ4v) is 4.05. The Bertz CT molecular complexity index is 666. The topological polar surface area (TPSA) is 33.2 Å². The minimum atomic E-state index is -0.0662. The monoisotopic (exact) mass is 338 g/mol. The van der Waals surface area contributed by atoms with Gasteiger partial charge in [0.15, 0.2) is 0 Å². The van der Waals surface area contributed by atoms with Gasteiger partial charge in [-0.2, -0.15) is 0 Å². The number of benzene rings is 1. The predicted molar refractivity (Wildman–Crippen MR) is 86.9 cm³/mol. The van der Waals surface area contributed by atoms with Crippen molar-refractivity contribution >= 4 is 40.9 Å². The van der Waals surface area contributed by atoms with Gasteiger partial charge in [0, 0.05) is 29.7 Å². The Labute approximate surface area is 137 Å². The molecular formula is C15H12Cl2N2OS. The minimum Gasteiger partial charge on any atom is -0.322 e. The number of aromatic nitrogens is 1. The lowest BCUT2D eigenvalue weighted by Gasteiger charge is -2.24. The summed E-state index contributed by atoms with van der Waals surface area (Å²) in [6.07, 6.45) is 3.48. The van der Waals surface area contributed by atoms with Crippen LogP contribution in [0.25, 0.3) is 0 Å². The van der Waals surface area contributed by atoms with Gasteiger partial charge < -0.3 is 4.90 Å². The lowest BCUT2D eigenvalue weighted by Crippen LogP contribution is -2.30. The molecule has 6 heteroatoms. The summed E-state index contributed by atoms with van der Waals surface area (Å²) in [4.78, 5) is 18.6. The van der Waals surface area contributed by atoms with Crippen LogP contribution in [0.4, 0.5) is 0 Å². The Morgan fingerprint density at radius 1 is 1.24 bits per heavy atom. The fourth-order valence-electron chi connectivity index (χ4n) is 2.30. The normalized spacial score (nSPS) is 18.0. The first-order chi connectivity index (χ1) is 10.2. The largest absolute Gasteiger partial charge is 0.322 e. The van der Waals surface area contributed by atoms with Crippen molar-refractivity contribution in [3.8, 4) is 0 Å². The highest BCUT2D eigenvalue weighted by Crippen LogP contribution is 2.39. The van der Waals surface area contributed by atoms with E-state index in [0.717, 1.165) is 11.3 Å². The molecule has 3 nitrogen and oxygen atoms in total. The first kappa shape index (κ1) is 14.7. The van der Waals surface area contributed by atoms with E-state index in [9.17, 15) is 4.79 Å². The minimum absolute atomic E-state index is 0.00671. The highest BCUT2D eigenvalue weighted by atomic mass is 35.5. The van der Waals surface area contributed by atoms with E-state index in [1.165, 1.54) is 0 Å². The van der Waals surface area contributed by atoms with E-state index in [4.69, 9.17) is 23.2 Å². The van der Waals surface area contributed by atoms with Crippen LogP contribution in [-0.4, -0.2) is 28.1 Å². The van der Waals surface area contributed by atoms with Gasteiger partial charge in [-0.25, -0.2) is 0 Å². The molecule has 1 aliphatic heterocycles. The maximum atomic E-state index is 12.7. The van der Waals surface area contributed by atoms with Crippen molar-refractivity contribution in [2.75, 3.05) is 12.3 Å². The van der Waals surface area contributed by atoms with Crippen molar-refractivity contribution in [3.63, 3.8) is 0 Å². The number of rotatable bonds is 2. The number of pyridine rings is 1. The molecule has 0 saturated carbocycles. The van der Waals surface area contributed by atoms with Crippen LogP contribution in [0.5, 0.6) is 0 Å². The molecule has 1 amide bonds. The zero-order chi connectivity index (χ0) is 14.8. The number of hydrogen-bond donors (Lipinski definition) is 0. The quantitative estimate of drug-likeness (QED) is 0.819. The molecular weight excluding hydrogens is 327 g/mol. The number of halogens is 2. The molecule has 0 aliphatic carbocycles. The van der Waals surface area contributed by atoms with Gasteiger partial charge >= 0.3 is 0 Å². The molecule has 108 valence electrons. The molecule has 0 radical (unpaired) electrons. The molecule has 1 aromatic carbocycles. The summed E-state index contributed by atoms with van der Waals surface area (Å²) in [7, 11) is 0. The van der Waals surface area contributed by atoms with Gasteiger partial charge in [-0.05, 0) is 35.9 Å². The zero-order valence-electron chi connectivity index (χ0n) is 11.0. The molecule has 3 rings (SSSR count). The summed E-state index contributed by atoms with van der Waals surface area (Å²) in [5.41, 5.74) is 1.56. The van der Waals surface area contributed by atoms with Crippen molar-refractivity contribution < 1.29 is 4.79 Å². The predicted octanol–water partition coefficient (Wildman–Crippen LogP) is 4.28. The molecule has 21 heavy (non-hydrogen) atoms. The highest BCUT2D eigenvalue weighted by molar-refractivity contribution is 7.99. The molecule has 2 aromatic rings. The van der Waals surface area contributed by atoms with Crippen molar-refractivity contribution in [1.82, 2.24) is 9.88 Å². The van der Waals surface area contributed by atoms with Crippen LogP contribution in [0, 0.1) is 0 Å². The van der Waals surface area contributed by atoms with E-state index in [1.807, 2.05) is 17.0 Å². The smallest absolute Gasteiger partial charge is 0.256 e. The third kappa shape index (κ3) is 3.03. The van der Waals surface area contributed by atoms with Crippen LogP contribution in [0.2, 0.25) is 10.0 Å². The molecule has 1 saturated heterocycles. The van der Waals surface area contributed by atoms with Crippen LogP contribution in [0.1, 0.15) is 21.3 Å². The number of hydrogen-bond acceptors (Lipinski definition) is 3. The van der Waals surface area contributed by atoms with Gasteiger partial charge in [0.1, 0.15) is 5.37 Å². The average molecular weight is 339 g/mol. The summed E-state index contributed by atoms with van der Waals surface area (Å²) >= 11 is 13.8. The van der Waals surface area contributed by atoms with E-state index >= 15 is 0 Å². The molecule has 1 fully saturated rings. The Morgan fingerprint density at radius 3 is 2.71 bits per heavy atom. The summed E-state index contributed by atoms with van der Waals surface area (Å²) < 4.78 is 0. The van der Waals surface area contributed by atoms with Gasteiger partial charge in [0.25, 0.3) is 5.91 Å². The molecule has 1 aliphatic rings. The number of thioether (sulfide) groups is 1. The third-order valence-electron chi connectivity index (χ3n) is 3.30. The van der Waals surface area contributed by atoms with Gasteiger partial charge in [0.2, 0.25) is 0 Å². The van der Waals surface area contributed by atoms with E-state index in [2.05, 4.69) is 4.98 Å². The maximum Gasteiger partial charge on any atom is 0.256 e. The van der Waals surface area contributed by atoms with E-state index in [0.29, 0.717) is 22.2 Å². The Balaban J connectivity index is 1.90. The van der Waals surface area contributed by atoms with Crippen molar-refractivity contribution in [1.29, 1.82) is 0 Å². The summed E-state index contributed by atoms with van der Waals surface area (Å²) in [5.74, 6) is 0.840. The Hall–Kier alpha value is -1.23. The highest BCUT2D eigenvalue weighted by Gasteiger charge is 2.32. The molecule has 0 N–H and O–H groups in total. The maximum absolute atomic E-state index is 12.7. The molecule has 2 heterocycles. The standard InChI is InChI=1S/C15H12Cl2N2OS/c16-11-1-2-12(13(17)9-11)14(20)19-7-8-21-15(19)10-3-5-18-6-4-10/h1-6,9,15H,7-8H2. The van der Waals surface area contributed by atoms with Crippen LogP contribution >= 0.6 is 35.0 Å². The van der Waals surface area contributed by atoms with Gasteiger partial charge in [-0.3, -0.25) is 9.78 Å². The number of carbonyl (C=O) groups is 1. The number of carbonyl (C=O) groups excluding carboxylic acids is 1. The van der Waals surface area contributed by atoms with Crippen LogP contribution < -0.4 is 0 Å². The molecule has 1 atom stereocenters. The Morgan fingerprint density at radius 2 is 2.00 bits per heavy atom. The van der Waals surface area contributed by atoms with Gasteiger partial charge in [-0.1, -0.05) is 23.2 Å². The average Bonchev–Trinajstić information content (AvgIpc) is 2.97. The van der Waals surface area contributed by atoms with E-state index < -0.39 is 0 Å². The van der Waals surface area contributed by atoms with Gasteiger partial charge in [0.05, 0.1) is 10.6 Å². The number of amides is 1. The van der Waals surface area contributed by atoms with Crippen molar-refractivity contribution in [2.45, 2.75) is 5.37 Å². The van der Waals surface area contributed by atoms with E-state index in [1.54, 1.807) is 42.4 Å². The summed E-state index contributed by atoms with van der Waals surface area (Å²) in [6.45, 7) is 0.704. The first-order valence-corrected chi connectivity index (χ1v) is 8.25. The van der Waals surface area contributed by atoms with Crippen molar-refractivity contribution in [3.05, 3.63) is 63.9 Å². The van der Waals surface area contributed by atoms with Crippen LogP contribution in [-0.2, 0) is 0 Å². The lowest BCUT2D eigenvalue weighted by atomic mass is 10.1. The van der Waals surface area contributed by atoms with Gasteiger partial charge in [-0.15, -0.1) is 11.8 Å². The van der Waals surface area contributed by atoms with E-state index in [-0.39, 0.29) is 11.3 Å². The first-order valence-electron chi connectivity index (χ1n) is 6.44. The van der Waals surface area contributed by atoms with Crippen molar-refractivity contribution in [2.24, 2.45) is 0 Å². The molecule has 0 bridgehead atoms. The second-order valence-corrected chi connectivity index (χ2v) is 6.66. The Kier molecular flexibility index (Phi) is 4.38. The molecule has 1 unspecified atom stereocenters. The molecule has 0 spiro atoms. The fraction of sp³-hybridized carbons (Fsp3) is 0.200. The second-order valence-electron chi connectivity index (χ2n) is 4.63. The number of nitrogens with zero attached hydrogens (tertiary/aromatic N) is 2. The second kappa shape index (κ2) is 6.26. The third-order valence-corrected chi connectivity index (χ3v) is 5.11. The summed E-state index contributed by atoms with van der Waals surface area (Å²) in [5, 5.41) is 0.920. The van der Waals surface area contributed by atoms with Crippen LogP contribution in [0.15, 0.2) is 42.7 Å². The summed E-state index contributed by atoms with van der Waals surface area (Å²) in [6, 6.07) is 8.84. The zero-order valence-corrected chi connectivity index (χ0v) is 13.3. The lowest BCUT2D eigenvalue weighted by molar-refractivity contribution is 0.0760. The van der Waals surface area contributed by atoms with Crippen LogP contribution in [0.3, 0.4) is 0 Å². The molecule has 1 aromatic heterocycles. The SMILES string of the molecule is O=C(c1ccc(Cl)cc1Cl)N1CCSC1c1ccncc1.